The number of primary sulfonamides is 1. The van der Waals surface area contributed by atoms with Crippen LogP contribution in [0.25, 0.3) is 0 Å². The molecule has 1 saturated carbocycles. The Bertz CT molecular complexity index is 553. The van der Waals surface area contributed by atoms with E-state index in [-0.39, 0.29) is 17.7 Å². The fraction of sp³-hybridized carbons (Fsp3) is 0.923. The van der Waals surface area contributed by atoms with E-state index in [1.807, 2.05) is 25.7 Å². The lowest BCUT2D eigenvalue weighted by molar-refractivity contribution is -0.000807. The molecule has 0 aromatic carbocycles. The lowest BCUT2D eigenvalue weighted by Gasteiger charge is -2.41. The van der Waals surface area contributed by atoms with Crippen molar-refractivity contribution in [3.63, 3.8) is 0 Å². The summed E-state index contributed by atoms with van der Waals surface area (Å²) < 4.78 is 28.7. The Hall–Kier alpha value is -0.820. The van der Waals surface area contributed by atoms with Crippen molar-refractivity contribution < 1.29 is 17.9 Å². The van der Waals surface area contributed by atoms with E-state index < -0.39 is 20.9 Å². The van der Waals surface area contributed by atoms with Crippen LogP contribution in [0.15, 0.2) is 0 Å². The predicted octanol–water partition coefficient (Wildman–Crippen LogP) is 1.21. The molecule has 3 rings (SSSR count). The lowest BCUT2D eigenvalue weighted by Crippen LogP contribution is -2.55. The molecular formula is C13H22N2O4S. The summed E-state index contributed by atoms with van der Waals surface area (Å²) in [5, 5.41) is 4.79. The van der Waals surface area contributed by atoms with Gasteiger partial charge in [0.1, 0.15) is 5.60 Å². The van der Waals surface area contributed by atoms with Gasteiger partial charge in [0.25, 0.3) is 0 Å². The van der Waals surface area contributed by atoms with E-state index in [0.29, 0.717) is 18.8 Å². The van der Waals surface area contributed by atoms with Crippen molar-refractivity contribution in [1.29, 1.82) is 0 Å². The van der Waals surface area contributed by atoms with Crippen LogP contribution in [0.4, 0.5) is 4.79 Å². The zero-order valence-electron chi connectivity index (χ0n) is 12.1. The van der Waals surface area contributed by atoms with Crippen molar-refractivity contribution in [3.8, 4) is 0 Å². The normalized spacial score (nSPS) is 39.4. The predicted molar refractivity (Wildman–Crippen MR) is 73.4 cm³/mol. The minimum Gasteiger partial charge on any atom is -0.444 e. The first kappa shape index (κ1) is 14.1. The van der Waals surface area contributed by atoms with E-state index >= 15 is 0 Å². The molecular weight excluding hydrogens is 280 g/mol. The Morgan fingerprint density at radius 2 is 1.95 bits per heavy atom. The maximum absolute atomic E-state index is 12.4. The number of carbonyl (C=O) groups is 1. The summed E-state index contributed by atoms with van der Waals surface area (Å²) in [6.45, 7) is 5.52. The first-order valence-electron chi connectivity index (χ1n) is 7.07. The fourth-order valence-electron chi connectivity index (χ4n) is 3.99. The maximum atomic E-state index is 12.4. The summed E-state index contributed by atoms with van der Waals surface area (Å²) in [5.41, 5.74) is -0.837. The molecule has 2 bridgehead atoms. The number of carbonyl (C=O) groups excluding carboxylic acids is 1. The molecule has 2 saturated heterocycles. The summed E-state index contributed by atoms with van der Waals surface area (Å²) in [5.74, 6) is 0.423. The summed E-state index contributed by atoms with van der Waals surface area (Å²) in [7, 11) is -3.53. The molecule has 1 aliphatic carbocycles. The lowest BCUT2D eigenvalue weighted by atomic mass is 9.97. The monoisotopic (exact) mass is 302 g/mol. The van der Waals surface area contributed by atoms with Gasteiger partial charge in [-0.05, 0) is 52.4 Å². The molecule has 2 heterocycles. The van der Waals surface area contributed by atoms with Gasteiger partial charge in [-0.1, -0.05) is 0 Å². The highest BCUT2D eigenvalue weighted by Crippen LogP contribution is 2.64. The number of sulfonamides is 1. The van der Waals surface area contributed by atoms with Gasteiger partial charge in [-0.15, -0.1) is 0 Å². The highest BCUT2D eigenvalue weighted by Gasteiger charge is 2.71. The molecule has 0 radical (unpaired) electrons. The van der Waals surface area contributed by atoms with Crippen molar-refractivity contribution in [2.45, 2.75) is 68.9 Å². The number of fused-ring (bicyclic) bond motifs is 1. The average molecular weight is 302 g/mol. The standard InChI is InChI=1S/C13H22N2O4S/c1-12(2,3)19-11(16)15-9-4-8-6-13(8,15)7-10(5-9)20(14,17)18/h8-10H,4-7H2,1-3H3,(H2,14,17,18)/t8?,9-,10-,13?/m1/s1. The molecule has 4 atom stereocenters. The van der Waals surface area contributed by atoms with Gasteiger partial charge in [0.15, 0.2) is 0 Å². The number of ether oxygens (including phenoxy) is 1. The van der Waals surface area contributed by atoms with Gasteiger partial charge in [-0.25, -0.2) is 18.4 Å². The second kappa shape index (κ2) is 3.88. The zero-order valence-corrected chi connectivity index (χ0v) is 12.9. The van der Waals surface area contributed by atoms with Gasteiger partial charge in [-0.3, -0.25) is 4.90 Å². The average Bonchev–Trinajstić information content (AvgIpc) is 2.80. The number of piperidine rings is 2. The molecule has 7 heteroatoms. The van der Waals surface area contributed by atoms with E-state index in [1.54, 1.807) is 0 Å². The highest BCUT2D eigenvalue weighted by atomic mass is 32.2. The smallest absolute Gasteiger partial charge is 0.411 e. The summed E-state index contributed by atoms with van der Waals surface area (Å²) in [6, 6.07) is -0.0410. The number of amides is 1. The molecule has 2 N–H and O–H groups in total. The number of nitrogens with zero attached hydrogens (tertiary/aromatic N) is 1. The van der Waals surface area contributed by atoms with Crippen LogP contribution < -0.4 is 5.14 Å². The number of rotatable bonds is 1. The van der Waals surface area contributed by atoms with Crippen molar-refractivity contribution >= 4 is 16.1 Å². The maximum Gasteiger partial charge on any atom is 0.411 e. The van der Waals surface area contributed by atoms with Crippen LogP contribution in [0.2, 0.25) is 0 Å². The zero-order chi connectivity index (χ0) is 14.9. The van der Waals surface area contributed by atoms with Gasteiger partial charge in [0, 0.05) is 6.04 Å². The van der Waals surface area contributed by atoms with Crippen LogP contribution in [0, 0.1) is 5.92 Å². The quantitative estimate of drug-likeness (QED) is 0.788. The third-order valence-electron chi connectivity index (χ3n) is 4.77. The molecule has 1 spiro atoms. The molecule has 0 aromatic rings. The van der Waals surface area contributed by atoms with Gasteiger partial charge in [0.2, 0.25) is 10.0 Å². The van der Waals surface area contributed by atoms with E-state index in [9.17, 15) is 13.2 Å². The van der Waals surface area contributed by atoms with Gasteiger partial charge in [0.05, 0.1) is 10.8 Å². The first-order valence-corrected chi connectivity index (χ1v) is 8.68. The van der Waals surface area contributed by atoms with Crippen molar-refractivity contribution in [3.05, 3.63) is 0 Å². The molecule has 6 nitrogen and oxygen atoms in total. The van der Waals surface area contributed by atoms with Gasteiger partial charge < -0.3 is 4.74 Å². The summed E-state index contributed by atoms with van der Waals surface area (Å²) >= 11 is 0. The van der Waals surface area contributed by atoms with E-state index in [0.717, 1.165) is 12.8 Å². The molecule has 2 unspecified atom stereocenters. The Morgan fingerprint density at radius 3 is 2.45 bits per heavy atom. The van der Waals surface area contributed by atoms with E-state index in [1.165, 1.54) is 0 Å². The summed E-state index contributed by atoms with van der Waals surface area (Å²) in [6.07, 6.45) is 2.36. The number of nitrogens with two attached hydrogens (primary N) is 1. The van der Waals surface area contributed by atoms with Crippen LogP contribution in [-0.2, 0) is 14.8 Å². The Labute approximate surface area is 119 Å². The molecule has 0 aromatic heterocycles. The SMILES string of the molecule is CC(C)(C)OC(=O)N1[C@@H]2CC3CC31C[C@H](S(N)(=O)=O)C2. The molecule has 2 aliphatic heterocycles. The molecule has 114 valence electrons. The molecule has 20 heavy (non-hydrogen) atoms. The number of hydrogen-bond donors (Lipinski definition) is 1. The first-order chi connectivity index (χ1) is 9.03. The Morgan fingerprint density at radius 1 is 1.30 bits per heavy atom. The minimum absolute atomic E-state index is 0.0410. The third kappa shape index (κ3) is 2.11. The van der Waals surface area contributed by atoms with Crippen molar-refractivity contribution in [2.24, 2.45) is 11.1 Å². The van der Waals surface area contributed by atoms with Crippen LogP contribution in [-0.4, -0.2) is 41.8 Å². The second-order valence-electron chi connectivity index (χ2n) is 7.40. The van der Waals surface area contributed by atoms with Crippen LogP contribution >= 0.6 is 0 Å². The Balaban J connectivity index is 1.82. The molecule has 3 aliphatic rings. The van der Waals surface area contributed by atoms with E-state index in [4.69, 9.17) is 9.88 Å². The van der Waals surface area contributed by atoms with Gasteiger partial charge >= 0.3 is 6.09 Å². The number of hydrogen-bond acceptors (Lipinski definition) is 4. The molecule has 3 fully saturated rings. The van der Waals surface area contributed by atoms with E-state index in [2.05, 4.69) is 0 Å². The van der Waals surface area contributed by atoms with Crippen LogP contribution in [0.5, 0.6) is 0 Å². The van der Waals surface area contributed by atoms with Crippen LogP contribution in [0.3, 0.4) is 0 Å². The Kier molecular flexibility index (Phi) is 2.74. The van der Waals surface area contributed by atoms with Gasteiger partial charge in [-0.2, -0.15) is 0 Å². The molecule has 1 amide bonds. The topological polar surface area (TPSA) is 89.7 Å². The fourth-order valence-corrected chi connectivity index (χ4v) is 5.00. The van der Waals surface area contributed by atoms with Crippen molar-refractivity contribution in [2.75, 3.05) is 0 Å². The highest BCUT2D eigenvalue weighted by molar-refractivity contribution is 7.89. The summed E-state index contributed by atoms with van der Waals surface area (Å²) in [4.78, 5) is 14.2. The minimum atomic E-state index is -3.53. The second-order valence-corrected chi connectivity index (χ2v) is 9.24. The third-order valence-corrected chi connectivity index (χ3v) is 6.06. The van der Waals surface area contributed by atoms with Crippen molar-refractivity contribution in [1.82, 2.24) is 4.90 Å². The van der Waals surface area contributed by atoms with Crippen LogP contribution in [0.1, 0.15) is 46.5 Å². The largest absolute Gasteiger partial charge is 0.444 e.